The van der Waals surface area contributed by atoms with E-state index in [4.69, 9.17) is 5.73 Å². The highest BCUT2D eigenvalue weighted by Crippen LogP contribution is 2.23. The predicted octanol–water partition coefficient (Wildman–Crippen LogP) is 3.14. The molecule has 3 N–H and O–H groups in total. The number of imidazole rings is 1. The van der Waals surface area contributed by atoms with Crippen LogP contribution in [0.2, 0.25) is 0 Å². The summed E-state index contributed by atoms with van der Waals surface area (Å²) in [6, 6.07) is 6.35. The fraction of sp³-hybridized carbons (Fsp3) is 0.533. The molecule has 0 saturated carbocycles. The van der Waals surface area contributed by atoms with Crippen LogP contribution in [0.15, 0.2) is 18.2 Å². The molecule has 0 fully saturated rings. The summed E-state index contributed by atoms with van der Waals surface area (Å²) in [5.41, 5.74) is 9.30. The fourth-order valence-corrected chi connectivity index (χ4v) is 2.05. The molecule has 18 heavy (non-hydrogen) atoms. The molecule has 0 saturated heterocycles. The maximum Gasteiger partial charge on any atom is 0.112 e. The second-order valence-electron chi connectivity index (χ2n) is 6.85. The first-order valence-corrected chi connectivity index (χ1v) is 6.43. The molecule has 0 radical (unpaired) electrons. The van der Waals surface area contributed by atoms with Crippen LogP contribution in [0.25, 0.3) is 11.0 Å². The molecule has 2 rings (SSSR count). The minimum Gasteiger partial charge on any atom is -0.342 e. The highest BCUT2D eigenvalue weighted by Gasteiger charge is 2.18. The molecule has 3 nitrogen and oxygen atoms in total. The predicted molar refractivity (Wildman–Crippen MR) is 76.8 cm³/mol. The van der Waals surface area contributed by atoms with Gasteiger partial charge in [0.2, 0.25) is 0 Å². The Morgan fingerprint density at radius 3 is 2.39 bits per heavy atom. The van der Waals surface area contributed by atoms with Crippen molar-refractivity contribution in [2.24, 2.45) is 5.73 Å². The zero-order chi connectivity index (χ0) is 13.6. The Bertz CT molecular complexity index is 553. The second-order valence-corrected chi connectivity index (χ2v) is 6.85. The van der Waals surface area contributed by atoms with Gasteiger partial charge in [0.25, 0.3) is 0 Å². The van der Waals surface area contributed by atoms with E-state index in [9.17, 15) is 0 Å². The van der Waals surface area contributed by atoms with Crippen LogP contribution in [0.1, 0.15) is 46.0 Å². The van der Waals surface area contributed by atoms with E-state index in [1.807, 2.05) is 13.8 Å². The van der Waals surface area contributed by atoms with Gasteiger partial charge in [0.15, 0.2) is 0 Å². The van der Waals surface area contributed by atoms with Gasteiger partial charge in [-0.25, -0.2) is 4.98 Å². The van der Waals surface area contributed by atoms with Gasteiger partial charge >= 0.3 is 0 Å². The Morgan fingerprint density at radius 2 is 1.83 bits per heavy atom. The highest BCUT2D eigenvalue weighted by atomic mass is 14.9. The number of hydrogen-bond acceptors (Lipinski definition) is 2. The topological polar surface area (TPSA) is 54.7 Å². The molecule has 98 valence electrons. The Labute approximate surface area is 109 Å². The average molecular weight is 245 g/mol. The third-order valence-corrected chi connectivity index (χ3v) is 2.92. The van der Waals surface area contributed by atoms with E-state index < -0.39 is 0 Å². The first-order chi connectivity index (χ1) is 8.15. The molecule has 1 aromatic heterocycles. The van der Waals surface area contributed by atoms with E-state index in [0.717, 1.165) is 23.3 Å². The van der Waals surface area contributed by atoms with Crippen molar-refractivity contribution in [2.45, 2.75) is 52.0 Å². The molecule has 0 aliphatic rings. The quantitative estimate of drug-likeness (QED) is 0.854. The summed E-state index contributed by atoms with van der Waals surface area (Å²) in [5, 5.41) is 0. The number of nitrogens with zero attached hydrogens (tertiary/aromatic N) is 1. The minimum atomic E-state index is -0.180. The van der Waals surface area contributed by atoms with Crippen LogP contribution in [-0.4, -0.2) is 15.5 Å². The van der Waals surface area contributed by atoms with E-state index in [1.165, 1.54) is 5.56 Å². The first kappa shape index (κ1) is 13.1. The number of nitrogens with one attached hydrogen (secondary N) is 1. The van der Waals surface area contributed by atoms with Crippen LogP contribution < -0.4 is 5.73 Å². The number of aromatic nitrogens is 2. The molecule has 0 spiro atoms. The van der Waals surface area contributed by atoms with Crippen molar-refractivity contribution in [3.05, 3.63) is 29.6 Å². The van der Waals surface area contributed by atoms with E-state index in [0.29, 0.717) is 0 Å². The van der Waals surface area contributed by atoms with Gasteiger partial charge in [-0.05, 0) is 38.0 Å². The Morgan fingerprint density at radius 1 is 1.17 bits per heavy atom. The summed E-state index contributed by atoms with van der Waals surface area (Å²) in [6.07, 6.45) is 0.868. The van der Waals surface area contributed by atoms with Crippen LogP contribution in [0.4, 0.5) is 0 Å². The summed E-state index contributed by atoms with van der Waals surface area (Å²) in [6.45, 7) is 10.6. The second kappa shape index (κ2) is 4.09. The van der Waals surface area contributed by atoms with Crippen molar-refractivity contribution in [1.29, 1.82) is 0 Å². The lowest BCUT2D eigenvalue weighted by Crippen LogP contribution is -2.34. The van der Waals surface area contributed by atoms with Crippen LogP contribution >= 0.6 is 0 Å². The molecule has 3 heteroatoms. The normalized spacial score (nSPS) is 13.2. The molecular weight excluding hydrogens is 222 g/mol. The van der Waals surface area contributed by atoms with E-state index in [-0.39, 0.29) is 11.0 Å². The van der Waals surface area contributed by atoms with Crippen LogP contribution in [0, 0.1) is 0 Å². The van der Waals surface area contributed by atoms with E-state index >= 15 is 0 Å². The minimum absolute atomic E-state index is 0.0479. The number of rotatable bonds is 2. The number of nitrogens with two attached hydrogens (primary N) is 1. The highest BCUT2D eigenvalue weighted by molar-refractivity contribution is 5.76. The molecule has 2 aromatic rings. The van der Waals surface area contributed by atoms with Gasteiger partial charge in [0.1, 0.15) is 5.82 Å². The average Bonchev–Trinajstić information content (AvgIpc) is 2.57. The first-order valence-electron chi connectivity index (χ1n) is 6.43. The third kappa shape index (κ3) is 2.91. The fourth-order valence-electron chi connectivity index (χ4n) is 2.05. The SMILES string of the molecule is CC(C)(N)Cc1ccc2nc(C(C)(C)C)[nH]c2c1. The molecule has 0 amide bonds. The zero-order valence-electron chi connectivity index (χ0n) is 12.0. The number of aromatic amines is 1. The van der Waals surface area contributed by atoms with E-state index in [1.54, 1.807) is 0 Å². The smallest absolute Gasteiger partial charge is 0.112 e. The molecule has 0 aliphatic carbocycles. The number of H-pyrrole nitrogens is 1. The van der Waals surface area contributed by atoms with Gasteiger partial charge in [-0.1, -0.05) is 26.8 Å². The van der Waals surface area contributed by atoms with Gasteiger partial charge < -0.3 is 10.7 Å². The Balaban J connectivity index is 2.40. The molecule has 1 heterocycles. The lowest BCUT2D eigenvalue weighted by Gasteiger charge is -2.18. The van der Waals surface area contributed by atoms with Crippen molar-refractivity contribution in [3.8, 4) is 0 Å². The largest absolute Gasteiger partial charge is 0.342 e. The number of fused-ring (bicyclic) bond motifs is 1. The van der Waals surface area contributed by atoms with Gasteiger partial charge in [-0.3, -0.25) is 0 Å². The molecule has 0 unspecified atom stereocenters. The number of benzene rings is 1. The van der Waals surface area contributed by atoms with Gasteiger partial charge in [-0.15, -0.1) is 0 Å². The summed E-state index contributed by atoms with van der Waals surface area (Å²) in [4.78, 5) is 8.04. The summed E-state index contributed by atoms with van der Waals surface area (Å²) in [7, 11) is 0. The Kier molecular flexibility index (Phi) is 2.98. The summed E-state index contributed by atoms with van der Waals surface area (Å²) < 4.78 is 0. The number of hydrogen-bond donors (Lipinski definition) is 2. The maximum absolute atomic E-state index is 6.06. The van der Waals surface area contributed by atoms with E-state index in [2.05, 4.69) is 48.9 Å². The van der Waals surface area contributed by atoms with Gasteiger partial charge in [0, 0.05) is 11.0 Å². The van der Waals surface area contributed by atoms with Crippen molar-refractivity contribution < 1.29 is 0 Å². The van der Waals surface area contributed by atoms with Crippen molar-refractivity contribution in [3.63, 3.8) is 0 Å². The standard InChI is InChI=1S/C15H23N3/c1-14(2,3)13-17-11-7-6-10(8-12(11)18-13)9-15(4,5)16/h6-8H,9,16H2,1-5H3,(H,17,18). The maximum atomic E-state index is 6.06. The van der Waals surface area contributed by atoms with Crippen LogP contribution in [-0.2, 0) is 11.8 Å². The molecule has 1 aromatic carbocycles. The molecule has 0 atom stereocenters. The zero-order valence-corrected chi connectivity index (χ0v) is 12.0. The monoisotopic (exact) mass is 245 g/mol. The Hall–Kier alpha value is -1.35. The third-order valence-electron chi connectivity index (χ3n) is 2.92. The summed E-state index contributed by atoms with van der Waals surface area (Å²) in [5.74, 6) is 1.03. The van der Waals surface area contributed by atoms with Crippen molar-refractivity contribution in [1.82, 2.24) is 9.97 Å². The van der Waals surface area contributed by atoms with Crippen LogP contribution in [0.5, 0.6) is 0 Å². The molecular formula is C15H23N3. The lowest BCUT2D eigenvalue weighted by molar-refractivity contribution is 0.517. The molecule has 0 aliphatic heterocycles. The van der Waals surface area contributed by atoms with Crippen molar-refractivity contribution >= 4 is 11.0 Å². The molecule has 0 bridgehead atoms. The van der Waals surface area contributed by atoms with Crippen LogP contribution in [0.3, 0.4) is 0 Å². The van der Waals surface area contributed by atoms with Gasteiger partial charge in [-0.2, -0.15) is 0 Å². The van der Waals surface area contributed by atoms with Crippen molar-refractivity contribution in [2.75, 3.05) is 0 Å². The lowest BCUT2D eigenvalue weighted by atomic mass is 9.96. The summed E-state index contributed by atoms with van der Waals surface area (Å²) >= 11 is 0. The van der Waals surface area contributed by atoms with Gasteiger partial charge in [0.05, 0.1) is 11.0 Å².